The summed E-state index contributed by atoms with van der Waals surface area (Å²) in [4.78, 5) is 21.7. The Balaban J connectivity index is 1.73. The molecule has 1 amide bonds. The minimum Gasteiger partial charge on any atom is -0.455 e. The first-order valence-electron chi connectivity index (χ1n) is 10.3. The summed E-state index contributed by atoms with van der Waals surface area (Å²) in [7, 11) is 1.68. The van der Waals surface area contributed by atoms with E-state index in [1.54, 1.807) is 18.0 Å². The van der Waals surface area contributed by atoms with Crippen molar-refractivity contribution in [2.24, 2.45) is 5.92 Å². The van der Waals surface area contributed by atoms with Crippen LogP contribution in [0.25, 0.3) is 0 Å². The summed E-state index contributed by atoms with van der Waals surface area (Å²) in [6.45, 7) is 4.86. The van der Waals surface area contributed by atoms with Crippen molar-refractivity contribution in [1.29, 1.82) is 0 Å². The van der Waals surface area contributed by atoms with Gasteiger partial charge in [-0.3, -0.25) is 4.79 Å². The van der Waals surface area contributed by atoms with Crippen molar-refractivity contribution >= 4 is 23.5 Å². The summed E-state index contributed by atoms with van der Waals surface area (Å²) in [6, 6.07) is 13.5. The number of thioether (sulfide) groups is 1. The maximum atomic E-state index is 13.4. The standard InChI is InChI=1S/C23H25F3N4O2S/c1-15(2)12-27-21(31)18-10-9-17(32-18)14-33-22-28-19(23(24,25)26)11-20(29-22)30(3)13-16-7-5-4-6-8-16/h4-11,15H,12-14H2,1-3H3,(H,27,31). The maximum Gasteiger partial charge on any atom is 0.433 e. The molecule has 0 spiro atoms. The van der Waals surface area contributed by atoms with E-state index in [2.05, 4.69) is 15.3 Å². The highest BCUT2D eigenvalue weighted by atomic mass is 32.2. The summed E-state index contributed by atoms with van der Waals surface area (Å²) in [5.74, 6) is 0.901. The molecule has 0 aliphatic carbocycles. The fourth-order valence-corrected chi connectivity index (χ4v) is 3.60. The van der Waals surface area contributed by atoms with Crippen molar-refractivity contribution in [3.05, 3.63) is 71.3 Å². The van der Waals surface area contributed by atoms with Gasteiger partial charge in [-0.1, -0.05) is 55.9 Å². The van der Waals surface area contributed by atoms with Gasteiger partial charge in [0.05, 0.1) is 5.75 Å². The predicted octanol–water partition coefficient (Wildman–Crippen LogP) is 5.40. The lowest BCUT2D eigenvalue weighted by atomic mass is 10.2. The number of nitrogens with zero attached hydrogens (tertiary/aromatic N) is 3. The molecule has 1 N–H and O–H groups in total. The van der Waals surface area contributed by atoms with Crippen LogP contribution < -0.4 is 10.2 Å². The first-order chi connectivity index (χ1) is 15.6. The summed E-state index contributed by atoms with van der Waals surface area (Å²) >= 11 is 1.01. The second-order valence-corrected chi connectivity index (χ2v) is 8.83. The van der Waals surface area contributed by atoms with E-state index < -0.39 is 11.9 Å². The van der Waals surface area contributed by atoms with Crippen LogP contribution in [0.3, 0.4) is 0 Å². The van der Waals surface area contributed by atoms with Gasteiger partial charge in [0.2, 0.25) is 0 Å². The Morgan fingerprint density at radius 3 is 2.55 bits per heavy atom. The molecule has 2 heterocycles. The lowest BCUT2D eigenvalue weighted by molar-refractivity contribution is -0.141. The van der Waals surface area contributed by atoms with Gasteiger partial charge in [-0.25, -0.2) is 9.97 Å². The number of furan rings is 1. The molecule has 0 fully saturated rings. The number of aromatic nitrogens is 2. The molecule has 0 atom stereocenters. The van der Waals surface area contributed by atoms with Crippen LogP contribution in [-0.4, -0.2) is 29.5 Å². The molecule has 0 bridgehead atoms. The van der Waals surface area contributed by atoms with Crippen LogP contribution in [0.4, 0.5) is 19.0 Å². The van der Waals surface area contributed by atoms with Gasteiger partial charge in [0.1, 0.15) is 11.6 Å². The van der Waals surface area contributed by atoms with Crippen molar-refractivity contribution in [2.75, 3.05) is 18.5 Å². The smallest absolute Gasteiger partial charge is 0.433 e. The zero-order valence-electron chi connectivity index (χ0n) is 18.5. The second-order valence-electron chi connectivity index (χ2n) is 7.89. The Morgan fingerprint density at radius 2 is 1.88 bits per heavy atom. The van der Waals surface area contributed by atoms with Gasteiger partial charge in [0.15, 0.2) is 16.6 Å². The van der Waals surface area contributed by atoms with E-state index in [-0.39, 0.29) is 28.4 Å². The first-order valence-corrected chi connectivity index (χ1v) is 11.3. The third kappa shape index (κ3) is 7.24. The van der Waals surface area contributed by atoms with Gasteiger partial charge in [0.25, 0.3) is 5.91 Å². The molecule has 0 aliphatic heterocycles. The molecule has 176 valence electrons. The lowest BCUT2D eigenvalue weighted by Crippen LogP contribution is -2.26. The molecule has 3 aromatic rings. The van der Waals surface area contributed by atoms with E-state index in [9.17, 15) is 18.0 Å². The number of carbonyl (C=O) groups excluding carboxylic acids is 1. The SMILES string of the molecule is CC(C)CNC(=O)c1ccc(CSc2nc(N(C)Cc3ccccc3)cc(C(F)(F)F)n2)o1. The number of hydrogen-bond acceptors (Lipinski definition) is 6. The summed E-state index contributed by atoms with van der Waals surface area (Å²) in [5.41, 5.74) is -0.0664. The number of hydrogen-bond donors (Lipinski definition) is 1. The number of alkyl halides is 3. The van der Waals surface area contributed by atoms with Gasteiger partial charge in [0, 0.05) is 26.2 Å². The molecule has 0 saturated heterocycles. The Hall–Kier alpha value is -3.01. The zero-order valence-corrected chi connectivity index (χ0v) is 19.3. The third-order valence-corrected chi connectivity index (χ3v) is 5.41. The van der Waals surface area contributed by atoms with E-state index in [0.717, 1.165) is 23.4 Å². The minimum atomic E-state index is -4.60. The van der Waals surface area contributed by atoms with E-state index in [1.807, 2.05) is 44.2 Å². The lowest BCUT2D eigenvalue weighted by Gasteiger charge is -2.20. The summed E-state index contributed by atoms with van der Waals surface area (Å²) in [6.07, 6.45) is -4.60. The number of halogens is 3. The molecule has 33 heavy (non-hydrogen) atoms. The molecule has 0 aliphatic rings. The molecule has 1 aromatic carbocycles. The van der Waals surface area contributed by atoms with Crippen LogP contribution in [0.1, 0.15) is 41.4 Å². The molecule has 0 unspecified atom stereocenters. The van der Waals surface area contributed by atoms with Crippen molar-refractivity contribution < 1.29 is 22.4 Å². The molecule has 6 nitrogen and oxygen atoms in total. The van der Waals surface area contributed by atoms with Gasteiger partial charge in [-0.2, -0.15) is 13.2 Å². The fourth-order valence-electron chi connectivity index (χ4n) is 2.85. The summed E-state index contributed by atoms with van der Waals surface area (Å²) < 4.78 is 45.9. The molecular weight excluding hydrogens is 453 g/mol. The third-order valence-electron chi connectivity index (χ3n) is 4.54. The second kappa shape index (κ2) is 10.7. The number of rotatable bonds is 9. The molecule has 10 heteroatoms. The number of carbonyl (C=O) groups is 1. The highest BCUT2D eigenvalue weighted by molar-refractivity contribution is 7.98. The van der Waals surface area contributed by atoms with Crippen LogP contribution in [0.2, 0.25) is 0 Å². The molecule has 2 aromatic heterocycles. The van der Waals surface area contributed by atoms with Crippen molar-refractivity contribution in [2.45, 2.75) is 37.5 Å². The van der Waals surface area contributed by atoms with Gasteiger partial charge in [-0.15, -0.1) is 0 Å². The number of benzene rings is 1. The van der Waals surface area contributed by atoms with Crippen LogP contribution >= 0.6 is 11.8 Å². The van der Waals surface area contributed by atoms with Crippen molar-refractivity contribution in [3.63, 3.8) is 0 Å². The molecular formula is C23H25F3N4O2S. The predicted molar refractivity (Wildman–Crippen MR) is 121 cm³/mol. The zero-order chi connectivity index (χ0) is 24.0. The van der Waals surface area contributed by atoms with Crippen LogP contribution in [0.5, 0.6) is 0 Å². The minimum absolute atomic E-state index is 0.0260. The summed E-state index contributed by atoms with van der Waals surface area (Å²) in [5, 5.41) is 2.73. The highest BCUT2D eigenvalue weighted by Crippen LogP contribution is 2.32. The van der Waals surface area contributed by atoms with Crippen LogP contribution in [0.15, 0.2) is 58.1 Å². The van der Waals surface area contributed by atoms with Crippen molar-refractivity contribution in [3.8, 4) is 0 Å². The number of amides is 1. The Bertz CT molecular complexity index is 1070. The highest BCUT2D eigenvalue weighted by Gasteiger charge is 2.34. The molecule has 0 radical (unpaired) electrons. The van der Waals surface area contributed by atoms with Crippen molar-refractivity contribution in [1.82, 2.24) is 15.3 Å². The number of anilines is 1. The largest absolute Gasteiger partial charge is 0.455 e. The monoisotopic (exact) mass is 478 g/mol. The quantitative estimate of drug-likeness (QED) is 0.328. The van der Waals surface area contributed by atoms with Crippen LogP contribution in [-0.2, 0) is 18.5 Å². The van der Waals surface area contributed by atoms with E-state index >= 15 is 0 Å². The maximum absolute atomic E-state index is 13.4. The Kier molecular flexibility index (Phi) is 8.01. The van der Waals surface area contributed by atoms with Gasteiger partial charge >= 0.3 is 6.18 Å². The molecule has 0 saturated carbocycles. The topological polar surface area (TPSA) is 71.3 Å². The first kappa shape index (κ1) is 24.6. The van der Waals surface area contributed by atoms with Gasteiger partial charge < -0.3 is 14.6 Å². The average molecular weight is 479 g/mol. The Labute approximate surface area is 194 Å². The number of nitrogens with one attached hydrogen (secondary N) is 1. The van der Waals surface area contributed by atoms with E-state index in [0.29, 0.717) is 24.8 Å². The van der Waals surface area contributed by atoms with E-state index in [4.69, 9.17) is 4.42 Å². The fraction of sp³-hybridized carbons (Fsp3) is 0.348. The van der Waals surface area contributed by atoms with Crippen LogP contribution in [0, 0.1) is 5.92 Å². The van der Waals surface area contributed by atoms with E-state index in [1.165, 1.54) is 6.07 Å². The normalized spacial score (nSPS) is 11.6. The average Bonchev–Trinajstić information content (AvgIpc) is 3.25. The molecule has 3 rings (SSSR count). The van der Waals surface area contributed by atoms with Gasteiger partial charge in [-0.05, 0) is 23.6 Å². The Morgan fingerprint density at radius 1 is 1.15 bits per heavy atom.